The number of carboxylic acid groups (broad SMARTS) is 1. The number of carbonyl (C=O) groups is 2. The number of rotatable bonds is 7. The van der Waals surface area contributed by atoms with E-state index in [0.29, 0.717) is 10.9 Å². The molecule has 166 valence electrons. The largest absolute Gasteiger partial charge is 0.481 e. The van der Waals surface area contributed by atoms with Gasteiger partial charge in [0.05, 0.1) is 12.0 Å². The fourth-order valence-electron chi connectivity index (χ4n) is 4.33. The van der Waals surface area contributed by atoms with Gasteiger partial charge in [-0.15, -0.1) is 0 Å². The van der Waals surface area contributed by atoms with Crippen LogP contribution in [0.2, 0.25) is 5.02 Å². The maximum Gasteiger partial charge on any atom is 0.322 e. The van der Waals surface area contributed by atoms with Gasteiger partial charge >= 0.3 is 12.0 Å². The average Bonchev–Trinajstić information content (AvgIpc) is 2.58. The lowest BCUT2D eigenvalue weighted by Crippen LogP contribution is -2.55. The number of urea groups is 1. The topological polar surface area (TPSA) is 69.6 Å². The molecule has 1 aliphatic heterocycles. The molecule has 5 nitrogen and oxygen atoms in total. The molecular formula is C24H35ClN2O3. The van der Waals surface area contributed by atoms with Crippen LogP contribution in [-0.2, 0) is 10.3 Å². The van der Waals surface area contributed by atoms with Crippen molar-refractivity contribution in [2.24, 2.45) is 11.3 Å². The second-order valence-corrected chi connectivity index (χ2v) is 10.4. The van der Waals surface area contributed by atoms with Crippen LogP contribution in [0.1, 0.15) is 78.4 Å². The van der Waals surface area contributed by atoms with E-state index in [0.717, 1.165) is 23.1 Å². The highest BCUT2D eigenvalue weighted by atomic mass is 35.5. The first-order valence-corrected chi connectivity index (χ1v) is 10.9. The summed E-state index contributed by atoms with van der Waals surface area (Å²) >= 11 is 6.70. The molecule has 6 heteroatoms. The van der Waals surface area contributed by atoms with Crippen LogP contribution in [0.3, 0.4) is 0 Å². The summed E-state index contributed by atoms with van der Waals surface area (Å²) in [6, 6.07) is 5.77. The Hall–Kier alpha value is -2.01. The van der Waals surface area contributed by atoms with Crippen molar-refractivity contribution >= 4 is 23.6 Å². The summed E-state index contributed by atoms with van der Waals surface area (Å²) in [6.45, 7) is 15.1. The molecule has 1 aromatic carbocycles. The molecule has 2 atom stereocenters. The molecule has 2 rings (SSSR count). The van der Waals surface area contributed by atoms with Crippen LogP contribution in [0, 0.1) is 11.3 Å². The number of amides is 2. The van der Waals surface area contributed by atoms with E-state index in [-0.39, 0.29) is 30.3 Å². The number of halogens is 1. The first-order valence-electron chi connectivity index (χ1n) is 10.6. The van der Waals surface area contributed by atoms with Gasteiger partial charge in [0, 0.05) is 17.8 Å². The van der Waals surface area contributed by atoms with Gasteiger partial charge in [-0.05, 0) is 53.4 Å². The number of hydrogen-bond donors (Lipinski definition) is 2. The van der Waals surface area contributed by atoms with Crippen molar-refractivity contribution in [2.45, 2.75) is 72.8 Å². The quantitative estimate of drug-likeness (QED) is 0.541. The minimum absolute atomic E-state index is 0.0990. The molecule has 1 unspecified atom stereocenters. The second-order valence-electron chi connectivity index (χ2n) is 10.0. The number of hydrogen-bond acceptors (Lipinski definition) is 2. The average molecular weight is 435 g/mol. The van der Waals surface area contributed by atoms with E-state index in [1.807, 2.05) is 19.1 Å². The van der Waals surface area contributed by atoms with E-state index in [1.165, 1.54) is 4.90 Å². The van der Waals surface area contributed by atoms with Crippen LogP contribution < -0.4 is 5.32 Å². The van der Waals surface area contributed by atoms with Gasteiger partial charge in [0.15, 0.2) is 0 Å². The van der Waals surface area contributed by atoms with Crippen LogP contribution in [0.5, 0.6) is 0 Å². The van der Waals surface area contributed by atoms with Crippen molar-refractivity contribution in [1.82, 2.24) is 10.2 Å². The Labute approximate surface area is 185 Å². The molecule has 0 bridgehead atoms. The van der Waals surface area contributed by atoms with E-state index in [1.54, 1.807) is 6.20 Å². The number of carboxylic acids is 1. The number of benzene rings is 1. The van der Waals surface area contributed by atoms with Crippen molar-refractivity contribution in [1.29, 1.82) is 0 Å². The third-order valence-electron chi connectivity index (χ3n) is 5.71. The van der Waals surface area contributed by atoms with E-state index < -0.39 is 11.5 Å². The Balaban J connectivity index is 2.41. The Morgan fingerprint density at radius 1 is 1.27 bits per heavy atom. The zero-order chi connectivity index (χ0) is 22.9. The molecule has 30 heavy (non-hydrogen) atoms. The fraction of sp³-hybridized carbons (Fsp3) is 0.583. The molecule has 0 radical (unpaired) electrons. The summed E-state index contributed by atoms with van der Waals surface area (Å²) in [5.41, 5.74) is 2.54. The van der Waals surface area contributed by atoms with Crippen LogP contribution in [0.4, 0.5) is 4.79 Å². The molecule has 2 amide bonds. The smallest absolute Gasteiger partial charge is 0.322 e. The van der Waals surface area contributed by atoms with Crippen LogP contribution >= 0.6 is 11.6 Å². The highest BCUT2D eigenvalue weighted by Gasteiger charge is 2.40. The lowest BCUT2D eigenvalue weighted by atomic mass is 9.77. The van der Waals surface area contributed by atoms with E-state index in [2.05, 4.69) is 52.9 Å². The molecule has 0 saturated carbocycles. The Bertz CT molecular complexity index is 841. The standard InChI is InChI=1S/C24H35ClN2O3/c1-15(2)19-14-27(11-10-21(28)29)22(30)26-24(19,7)17-8-9-18(20(25)12-17)16(3)13-23(4,5)6/h8-9,12,14-16H,10-11,13H2,1-7H3,(H,26,30)(H,28,29)/t16-,24?/m1/s1. The van der Waals surface area contributed by atoms with Gasteiger partial charge in [0.25, 0.3) is 0 Å². The fourth-order valence-corrected chi connectivity index (χ4v) is 4.69. The molecular weight excluding hydrogens is 400 g/mol. The maximum atomic E-state index is 12.7. The zero-order valence-corrected chi connectivity index (χ0v) is 19.9. The lowest BCUT2D eigenvalue weighted by Gasteiger charge is -2.42. The molecule has 0 fully saturated rings. The Morgan fingerprint density at radius 2 is 1.90 bits per heavy atom. The molecule has 0 saturated heterocycles. The van der Waals surface area contributed by atoms with Gasteiger partial charge in [-0.25, -0.2) is 4.79 Å². The van der Waals surface area contributed by atoms with Crippen LogP contribution in [0.15, 0.2) is 30.0 Å². The van der Waals surface area contributed by atoms with Gasteiger partial charge in [0.2, 0.25) is 0 Å². The Kier molecular flexibility index (Phi) is 7.28. The lowest BCUT2D eigenvalue weighted by molar-refractivity contribution is -0.137. The normalized spacial score (nSPS) is 20.8. The minimum atomic E-state index is -0.928. The predicted octanol–water partition coefficient (Wildman–Crippen LogP) is 6.13. The SMILES string of the molecule is CC(C)C1=CN(CCC(=O)O)C(=O)NC1(C)c1ccc([C@H](C)CC(C)(C)C)c(Cl)c1. The number of carbonyl (C=O) groups excluding carboxylic acids is 1. The molecule has 2 N–H and O–H groups in total. The van der Waals surface area contributed by atoms with E-state index in [4.69, 9.17) is 16.7 Å². The summed E-state index contributed by atoms with van der Waals surface area (Å²) in [4.78, 5) is 25.1. The summed E-state index contributed by atoms with van der Waals surface area (Å²) in [7, 11) is 0. The molecule has 1 aliphatic rings. The molecule has 0 aliphatic carbocycles. The monoisotopic (exact) mass is 434 g/mol. The molecule has 1 aromatic rings. The van der Waals surface area contributed by atoms with Gasteiger partial charge < -0.3 is 15.3 Å². The van der Waals surface area contributed by atoms with E-state index in [9.17, 15) is 9.59 Å². The van der Waals surface area contributed by atoms with Gasteiger partial charge in [-0.3, -0.25) is 4.79 Å². The van der Waals surface area contributed by atoms with Crippen molar-refractivity contribution in [2.75, 3.05) is 6.54 Å². The minimum Gasteiger partial charge on any atom is -0.481 e. The first kappa shape index (κ1) is 24.3. The second kappa shape index (κ2) is 9.01. The molecule has 0 spiro atoms. The summed E-state index contributed by atoms with van der Waals surface area (Å²) in [5, 5.41) is 12.8. The van der Waals surface area contributed by atoms with Crippen LogP contribution in [-0.4, -0.2) is 28.6 Å². The molecule has 1 heterocycles. The highest BCUT2D eigenvalue weighted by Crippen LogP contribution is 2.40. The van der Waals surface area contributed by atoms with Crippen molar-refractivity contribution in [3.8, 4) is 0 Å². The number of nitrogens with one attached hydrogen (secondary N) is 1. The summed E-state index contributed by atoms with van der Waals surface area (Å²) < 4.78 is 0. The molecule has 0 aromatic heterocycles. The van der Waals surface area contributed by atoms with Crippen molar-refractivity contribution < 1.29 is 14.7 Å². The summed E-state index contributed by atoms with van der Waals surface area (Å²) in [5.74, 6) is -0.449. The number of nitrogens with zero attached hydrogens (tertiary/aromatic N) is 1. The van der Waals surface area contributed by atoms with Gasteiger partial charge in [0.1, 0.15) is 0 Å². The Morgan fingerprint density at radius 3 is 2.40 bits per heavy atom. The van der Waals surface area contributed by atoms with Crippen molar-refractivity contribution in [3.05, 3.63) is 46.1 Å². The zero-order valence-electron chi connectivity index (χ0n) is 19.2. The van der Waals surface area contributed by atoms with Gasteiger partial charge in [-0.2, -0.15) is 0 Å². The van der Waals surface area contributed by atoms with Crippen molar-refractivity contribution in [3.63, 3.8) is 0 Å². The summed E-state index contributed by atoms with van der Waals surface area (Å²) in [6.07, 6.45) is 2.73. The third kappa shape index (κ3) is 5.57. The first-order chi connectivity index (χ1) is 13.7. The van der Waals surface area contributed by atoms with Gasteiger partial charge in [-0.1, -0.05) is 65.3 Å². The third-order valence-corrected chi connectivity index (χ3v) is 6.03. The maximum absolute atomic E-state index is 12.7. The number of aliphatic carboxylic acids is 1. The predicted molar refractivity (Wildman–Crippen MR) is 122 cm³/mol. The van der Waals surface area contributed by atoms with E-state index >= 15 is 0 Å². The van der Waals surface area contributed by atoms with Crippen LogP contribution in [0.25, 0.3) is 0 Å². The highest BCUT2D eigenvalue weighted by molar-refractivity contribution is 6.31.